The van der Waals surface area contributed by atoms with Crippen LogP contribution in [0.4, 0.5) is 0 Å². The molecule has 98 valence electrons. The molecule has 3 atom stereocenters. The van der Waals surface area contributed by atoms with Gasteiger partial charge in [-0.2, -0.15) is 9.90 Å². The van der Waals surface area contributed by atoms with Gasteiger partial charge in [0, 0.05) is 26.2 Å². The summed E-state index contributed by atoms with van der Waals surface area (Å²) in [6.45, 7) is 1.68. The molecule has 6 heteroatoms. The van der Waals surface area contributed by atoms with Crippen LogP contribution in [0.15, 0.2) is 6.20 Å². The van der Waals surface area contributed by atoms with Gasteiger partial charge in [0.05, 0.1) is 6.20 Å². The van der Waals surface area contributed by atoms with E-state index in [2.05, 4.69) is 10.2 Å². The van der Waals surface area contributed by atoms with Crippen LogP contribution >= 0.6 is 0 Å². The van der Waals surface area contributed by atoms with E-state index in [1.807, 2.05) is 4.90 Å². The Morgan fingerprint density at radius 1 is 1.39 bits per heavy atom. The van der Waals surface area contributed by atoms with Crippen molar-refractivity contribution in [1.29, 1.82) is 0 Å². The van der Waals surface area contributed by atoms with Crippen molar-refractivity contribution in [1.82, 2.24) is 19.9 Å². The molecule has 3 rings (SSSR count). The van der Waals surface area contributed by atoms with Crippen LogP contribution in [-0.2, 0) is 7.05 Å². The number of likely N-dealkylation sites (tertiary alicyclic amines) is 1. The topological polar surface area (TPSA) is 77.0 Å². The van der Waals surface area contributed by atoms with Gasteiger partial charge in [0.15, 0.2) is 5.69 Å². The molecule has 2 N–H and O–H groups in total. The molecule has 2 heterocycles. The highest BCUT2D eigenvalue weighted by molar-refractivity contribution is 5.92. The Hall–Kier alpha value is -1.43. The van der Waals surface area contributed by atoms with E-state index in [4.69, 9.17) is 5.73 Å². The normalized spacial score (nSPS) is 31.4. The minimum Gasteiger partial charge on any atom is -0.337 e. The first kappa shape index (κ1) is 11.6. The standard InChI is InChI=1S/C12H19N5O/c1-16-14-5-11(15-16)12(18)17-6-8-2-3-10(13)4-9(8)7-17/h5,8-10H,2-4,6-7,13H2,1H3/t8-,9+,10?/m1/s1. The van der Waals surface area contributed by atoms with Gasteiger partial charge in [-0.25, -0.2) is 0 Å². The molecule has 1 unspecified atom stereocenters. The molecular formula is C12H19N5O. The van der Waals surface area contributed by atoms with Crippen LogP contribution in [0.5, 0.6) is 0 Å². The molecule has 0 aromatic carbocycles. The summed E-state index contributed by atoms with van der Waals surface area (Å²) in [4.78, 5) is 15.6. The molecular weight excluding hydrogens is 230 g/mol. The van der Waals surface area contributed by atoms with Gasteiger partial charge in [-0.1, -0.05) is 0 Å². The summed E-state index contributed by atoms with van der Waals surface area (Å²) in [6.07, 6.45) is 4.83. The fourth-order valence-electron chi connectivity index (χ4n) is 3.24. The van der Waals surface area contributed by atoms with Crippen molar-refractivity contribution in [3.05, 3.63) is 11.9 Å². The van der Waals surface area contributed by atoms with E-state index in [1.165, 1.54) is 11.0 Å². The highest BCUT2D eigenvalue weighted by Gasteiger charge is 2.39. The molecule has 1 aliphatic heterocycles. The zero-order chi connectivity index (χ0) is 12.7. The molecule has 0 bridgehead atoms. The number of rotatable bonds is 1. The van der Waals surface area contributed by atoms with Crippen LogP contribution in [0.1, 0.15) is 29.8 Å². The number of carbonyl (C=O) groups excluding carboxylic acids is 1. The molecule has 18 heavy (non-hydrogen) atoms. The number of hydrogen-bond donors (Lipinski definition) is 1. The summed E-state index contributed by atoms with van der Waals surface area (Å²) in [5.74, 6) is 1.21. The van der Waals surface area contributed by atoms with E-state index < -0.39 is 0 Å². The molecule has 2 fully saturated rings. The Kier molecular flexibility index (Phi) is 2.81. The van der Waals surface area contributed by atoms with Crippen LogP contribution in [0.3, 0.4) is 0 Å². The number of aromatic nitrogens is 3. The summed E-state index contributed by atoms with van der Waals surface area (Å²) < 4.78 is 0. The van der Waals surface area contributed by atoms with E-state index >= 15 is 0 Å². The number of nitrogens with two attached hydrogens (primary N) is 1. The van der Waals surface area contributed by atoms with Crippen molar-refractivity contribution in [2.45, 2.75) is 25.3 Å². The Labute approximate surface area is 106 Å². The van der Waals surface area contributed by atoms with Crippen molar-refractivity contribution in [3.8, 4) is 0 Å². The fourth-order valence-corrected chi connectivity index (χ4v) is 3.24. The van der Waals surface area contributed by atoms with E-state index in [-0.39, 0.29) is 5.91 Å². The van der Waals surface area contributed by atoms with Gasteiger partial charge in [-0.3, -0.25) is 4.79 Å². The molecule has 1 aliphatic carbocycles. The Balaban J connectivity index is 1.70. The number of nitrogens with zero attached hydrogens (tertiary/aromatic N) is 4. The summed E-state index contributed by atoms with van der Waals surface area (Å²) >= 11 is 0. The Morgan fingerprint density at radius 2 is 2.17 bits per heavy atom. The molecule has 0 spiro atoms. The largest absolute Gasteiger partial charge is 0.337 e. The third-order valence-corrected chi connectivity index (χ3v) is 4.20. The molecule has 1 saturated carbocycles. The lowest BCUT2D eigenvalue weighted by molar-refractivity contribution is 0.0777. The second kappa shape index (κ2) is 4.35. The van der Waals surface area contributed by atoms with Gasteiger partial charge in [-0.05, 0) is 31.1 Å². The quantitative estimate of drug-likeness (QED) is 0.761. The molecule has 1 amide bonds. The average Bonchev–Trinajstić information content (AvgIpc) is 2.93. The van der Waals surface area contributed by atoms with Crippen molar-refractivity contribution < 1.29 is 4.79 Å². The van der Waals surface area contributed by atoms with Crippen LogP contribution in [0.25, 0.3) is 0 Å². The number of hydrogen-bond acceptors (Lipinski definition) is 4. The van der Waals surface area contributed by atoms with Crippen LogP contribution < -0.4 is 5.73 Å². The zero-order valence-corrected chi connectivity index (χ0v) is 10.6. The number of aryl methyl sites for hydroxylation is 1. The number of amides is 1. The maximum Gasteiger partial charge on any atom is 0.276 e. The summed E-state index contributed by atoms with van der Waals surface area (Å²) in [7, 11) is 1.72. The minimum atomic E-state index is 0.00562. The first-order valence-electron chi connectivity index (χ1n) is 6.54. The predicted octanol–water partition coefficient (Wildman–Crippen LogP) is 0.0145. The number of carbonyl (C=O) groups is 1. The van der Waals surface area contributed by atoms with Crippen molar-refractivity contribution in [2.24, 2.45) is 24.6 Å². The van der Waals surface area contributed by atoms with Crippen LogP contribution in [0.2, 0.25) is 0 Å². The lowest BCUT2D eigenvalue weighted by atomic mass is 9.79. The molecule has 0 radical (unpaired) electrons. The van der Waals surface area contributed by atoms with Gasteiger partial charge in [0.2, 0.25) is 0 Å². The zero-order valence-electron chi connectivity index (χ0n) is 10.6. The lowest BCUT2D eigenvalue weighted by Crippen LogP contribution is -2.32. The summed E-state index contributed by atoms with van der Waals surface area (Å²) in [5.41, 5.74) is 6.44. The first-order valence-corrected chi connectivity index (χ1v) is 6.54. The van der Waals surface area contributed by atoms with E-state index in [0.29, 0.717) is 23.6 Å². The molecule has 1 aromatic rings. The average molecular weight is 249 g/mol. The maximum atomic E-state index is 12.3. The minimum absolute atomic E-state index is 0.00562. The predicted molar refractivity (Wildman–Crippen MR) is 65.7 cm³/mol. The molecule has 1 aromatic heterocycles. The Morgan fingerprint density at radius 3 is 2.89 bits per heavy atom. The number of fused-ring (bicyclic) bond motifs is 1. The molecule has 6 nitrogen and oxygen atoms in total. The molecule has 1 saturated heterocycles. The second-order valence-electron chi connectivity index (χ2n) is 5.52. The highest BCUT2D eigenvalue weighted by Crippen LogP contribution is 2.35. The summed E-state index contributed by atoms with van der Waals surface area (Å²) in [5, 5.41) is 8.03. The van der Waals surface area contributed by atoms with Gasteiger partial charge in [0.25, 0.3) is 5.91 Å². The van der Waals surface area contributed by atoms with E-state index in [1.54, 1.807) is 7.05 Å². The SMILES string of the molecule is Cn1ncc(C(=O)N2C[C@H]3CCC(N)C[C@H]3C2)n1. The third kappa shape index (κ3) is 2.01. The third-order valence-electron chi connectivity index (χ3n) is 4.20. The monoisotopic (exact) mass is 249 g/mol. The van der Waals surface area contributed by atoms with Crippen molar-refractivity contribution in [2.75, 3.05) is 13.1 Å². The van der Waals surface area contributed by atoms with Crippen LogP contribution in [-0.4, -0.2) is 44.9 Å². The maximum absolute atomic E-state index is 12.3. The van der Waals surface area contributed by atoms with Crippen LogP contribution in [0, 0.1) is 11.8 Å². The van der Waals surface area contributed by atoms with Gasteiger partial charge in [-0.15, -0.1) is 5.10 Å². The van der Waals surface area contributed by atoms with Crippen molar-refractivity contribution >= 4 is 5.91 Å². The van der Waals surface area contributed by atoms with E-state index in [0.717, 1.165) is 32.4 Å². The van der Waals surface area contributed by atoms with Gasteiger partial charge < -0.3 is 10.6 Å². The molecule has 2 aliphatic rings. The smallest absolute Gasteiger partial charge is 0.276 e. The first-order chi connectivity index (χ1) is 8.63. The van der Waals surface area contributed by atoms with E-state index in [9.17, 15) is 4.79 Å². The van der Waals surface area contributed by atoms with Crippen molar-refractivity contribution in [3.63, 3.8) is 0 Å². The highest BCUT2D eigenvalue weighted by atomic mass is 16.2. The second-order valence-corrected chi connectivity index (χ2v) is 5.52. The summed E-state index contributed by atoms with van der Waals surface area (Å²) in [6, 6.07) is 0.317. The van der Waals surface area contributed by atoms with Gasteiger partial charge >= 0.3 is 0 Å². The Bertz CT molecular complexity index is 457. The lowest BCUT2D eigenvalue weighted by Gasteiger charge is -2.27. The van der Waals surface area contributed by atoms with Gasteiger partial charge in [0.1, 0.15) is 0 Å². The fraction of sp³-hybridized carbons (Fsp3) is 0.750.